The second kappa shape index (κ2) is 4.43. The van der Waals surface area contributed by atoms with Gasteiger partial charge in [0.1, 0.15) is 11.6 Å². The predicted molar refractivity (Wildman–Crippen MR) is 67.5 cm³/mol. The summed E-state index contributed by atoms with van der Waals surface area (Å²) < 4.78 is 27.6. The summed E-state index contributed by atoms with van der Waals surface area (Å²) in [6, 6.07) is 2.41. The maximum absolute atomic E-state index is 13.9. The van der Waals surface area contributed by atoms with Crippen LogP contribution in [0, 0.1) is 24.0 Å². The topological polar surface area (TPSA) is 43.1 Å². The molecular formula is C14H19F2NO. The van der Waals surface area contributed by atoms with Gasteiger partial charge in [-0.25, -0.2) is 8.78 Å². The van der Waals surface area contributed by atoms with Crippen molar-refractivity contribution in [2.45, 2.75) is 40.2 Å². The van der Waals surface area contributed by atoms with Crippen LogP contribution in [0.25, 0.3) is 0 Å². The maximum Gasteiger partial charge on any atom is 0.176 e. The standard InChI is InChI=1S/C14H19F2NO/c1-8-6-7-9(15)10(11(8)16)12(18)13(2,3)14(4,5)17/h6-7H,17H2,1-5H3. The first kappa shape index (κ1) is 14.8. The molecule has 0 spiro atoms. The van der Waals surface area contributed by atoms with Gasteiger partial charge in [0, 0.05) is 11.0 Å². The Balaban J connectivity index is 3.41. The molecule has 1 rings (SSSR count). The molecule has 0 aliphatic carbocycles. The molecule has 100 valence electrons. The fourth-order valence-corrected chi connectivity index (χ4v) is 1.47. The summed E-state index contributed by atoms with van der Waals surface area (Å²) in [5.41, 5.74) is 3.71. The average Bonchev–Trinajstić information content (AvgIpc) is 2.22. The van der Waals surface area contributed by atoms with E-state index in [1.165, 1.54) is 13.0 Å². The molecule has 2 N–H and O–H groups in total. The molecular weight excluding hydrogens is 236 g/mol. The molecule has 0 saturated carbocycles. The third kappa shape index (κ3) is 2.29. The van der Waals surface area contributed by atoms with E-state index in [0.717, 1.165) is 6.07 Å². The molecule has 0 saturated heterocycles. The maximum atomic E-state index is 13.9. The first-order valence-electron chi connectivity index (χ1n) is 5.78. The Hall–Kier alpha value is -1.29. The van der Waals surface area contributed by atoms with E-state index in [1.807, 2.05) is 0 Å². The van der Waals surface area contributed by atoms with Crippen LogP contribution in [0.15, 0.2) is 12.1 Å². The fraction of sp³-hybridized carbons (Fsp3) is 0.500. The molecule has 4 heteroatoms. The zero-order valence-corrected chi connectivity index (χ0v) is 11.4. The summed E-state index contributed by atoms with van der Waals surface area (Å²) in [5.74, 6) is -2.27. The predicted octanol–water partition coefficient (Wildman–Crippen LogP) is 3.22. The van der Waals surface area contributed by atoms with Gasteiger partial charge >= 0.3 is 0 Å². The number of aryl methyl sites for hydroxylation is 1. The van der Waals surface area contributed by atoms with Gasteiger partial charge in [0.05, 0.1) is 5.56 Å². The molecule has 0 bridgehead atoms. The summed E-state index contributed by atoms with van der Waals surface area (Å²) in [4.78, 5) is 12.3. The van der Waals surface area contributed by atoms with Crippen molar-refractivity contribution < 1.29 is 13.6 Å². The van der Waals surface area contributed by atoms with Crippen molar-refractivity contribution in [3.8, 4) is 0 Å². The first-order valence-corrected chi connectivity index (χ1v) is 5.78. The summed E-state index contributed by atoms with van der Waals surface area (Å²) in [6.07, 6.45) is 0. The van der Waals surface area contributed by atoms with Crippen LogP contribution in [0.1, 0.15) is 43.6 Å². The molecule has 0 fully saturated rings. The van der Waals surface area contributed by atoms with E-state index >= 15 is 0 Å². The van der Waals surface area contributed by atoms with Crippen molar-refractivity contribution in [3.63, 3.8) is 0 Å². The lowest BCUT2D eigenvalue weighted by Crippen LogP contribution is -2.52. The Labute approximate surface area is 106 Å². The van der Waals surface area contributed by atoms with Crippen LogP contribution in [-0.2, 0) is 0 Å². The number of carbonyl (C=O) groups excluding carboxylic acids is 1. The summed E-state index contributed by atoms with van der Waals surface area (Å²) in [6.45, 7) is 8.01. The van der Waals surface area contributed by atoms with Crippen molar-refractivity contribution in [1.82, 2.24) is 0 Å². The molecule has 0 amide bonds. The third-order valence-corrected chi connectivity index (χ3v) is 3.69. The van der Waals surface area contributed by atoms with E-state index in [-0.39, 0.29) is 5.56 Å². The van der Waals surface area contributed by atoms with Crippen LogP contribution in [0.4, 0.5) is 8.78 Å². The van der Waals surface area contributed by atoms with Crippen molar-refractivity contribution in [1.29, 1.82) is 0 Å². The summed E-state index contributed by atoms with van der Waals surface area (Å²) >= 11 is 0. The Morgan fingerprint density at radius 3 is 2.11 bits per heavy atom. The van der Waals surface area contributed by atoms with Crippen LogP contribution >= 0.6 is 0 Å². The van der Waals surface area contributed by atoms with Crippen LogP contribution in [0.3, 0.4) is 0 Å². The molecule has 0 radical (unpaired) electrons. The SMILES string of the molecule is Cc1ccc(F)c(C(=O)C(C)(C)C(C)(C)N)c1F. The average molecular weight is 255 g/mol. The number of Topliss-reactive ketones (excluding diaryl/α,β-unsaturated/α-hetero) is 1. The minimum absolute atomic E-state index is 0.241. The smallest absolute Gasteiger partial charge is 0.176 e. The zero-order chi connectivity index (χ0) is 14.3. The first-order chi connectivity index (χ1) is 8.00. The second-order valence-corrected chi connectivity index (χ2v) is 5.73. The van der Waals surface area contributed by atoms with Crippen LogP contribution < -0.4 is 5.73 Å². The second-order valence-electron chi connectivity index (χ2n) is 5.73. The van der Waals surface area contributed by atoms with Crippen LogP contribution in [0.2, 0.25) is 0 Å². The van der Waals surface area contributed by atoms with Crippen LogP contribution in [-0.4, -0.2) is 11.3 Å². The third-order valence-electron chi connectivity index (χ3n) is 3.69. The van der Waals surface area contributed by atoms with E-state index in [2.05, 4.69) is 0 Å². The fourth-order valence-electron chi connectivity index (χ4n) is 1.47. The number of nitrogens with two attached hydrogens (primary N) is 1. The minimum Gasteiger partial charge on any atom is -0.325 e. The molecule has 0 unspecified atom stereocenters. The van der Waals surface area contributed by atoms with Gasteiger partial charge in [-0.05, 0) is 32.4 Å². The van der Waals surface area contributed by atoms with Crippen molar-refractivity contribution in [3.05, 3.63) is 34.9 Å². The van der Waals surface area contributed by atoms with Gasteiger partial charge in [0.2, 0.25) is 0 Å². The van der Waals surface area contributed by atoms with Crippen LogP contribution in [0.5, 0.6) is 0 Å². The van der Waals surface area contributed by atoms with E-state index in [0.29, 0.717) is 0 Å². The lowest BCUT2D eigenvalue weighted by atomic mass is 9.70. The number of hydrogen-bond acceptors (Lipinski definition) is 2. The van der Waals surface area contributed by atoms with E-state index in [1.54, 1.807) is 27.7 Å². The van der Waals surface area contributed by atoms with Crippen molar-refractivity contribution in [2.24, 2.45) is 11.1 Å². The molecule has 0 atom stereocenters. The highest BCUT2D eigenvalue weighted by Gasteiger charge is 2.42. The van der Waals surface area contributed by atoms with Crippen molar-refractivity contribution in [2.75, 3.05) is 0 Å². The number of benzene rings is 1. The molecule has 0 heterocycles. The normalized spacial score (nSPS) is 12.7. The van der Waals surface area contributed by atoms with Gasteiger partial charge < -0.3 is 5.73 Å². The van der Waals surface area contributed by atoms with Crippen molar-refractivity contribution >= 4 is 5.78 Å². The van der Waals surface area contributed by atoms with Gasteiger partial charge in [-0.3, -0.25) is 4.79 Å². The quantitative estimate of drug-likeness (QED) is 0.843. The van der Waals surface area contributed by atoms with E-state index < -0.39 is 33.9 Å². The number of carbonyl (C=O) groups is 1. The summed E-state index contributed by atoms with van der Waals surface area (Å²) in [7, 11) is 0. The Morgan fingerprint density at radius 1 is 1.17 bits per heavy atom. The van der Waals surface area contributed by atoms with Gasteiger partial charge in [-0.1, -0.05) is 19.9 Å². The highest BCUT2D eigenvalue weighted by Crippen LogP contribution is 2.34. The monoisotopic (exact) mass is 255 g/mol. The van der Waals surface area contributed by atoms with Gasteiger partial charge in [-0.2, -0.15) is 0 Å². The molecule has 0 aromatic heterocycles. The number of rotatable bonds is 3. The lowest BCUT2D eigenvalue weighted by molar-refractivity contribution is 0.0725. The number of ketones is 1. The highest BCUT2D eigenvalue weighted by molar-refractivity contribution is 6.01. The van der Waals surface area contributed by atoms with E-state index in [9.17, 15) is 13.6 Å². The molecule has 2 nitrogen and oxygen atoms in total. The van der Waals surface area contributed by atoms with Gasteiger partial charge in [0.25, 0.3) is 0 Å². The Morgan fingerprint density at radius 2 is 1.67 bits per heavy atom. The highest BCUT2D eigenvalue weighted by atomic mass is 19.1. The molecule has 0 aliphatic heterocycles. The zero-order valence-electron chi connectivity index (χ0n) is 11.4. The molecule has 18 heavy (non-hydrogen) atoms. The number of halogens is 2. The van der Waals surface area contributed by atoms with Gasteiger partial charge in [0.15, 0.2) is 5.78 Å². The van der Waals surface area contributed by atoms with E-state index in [4.69, 9.17) is 5.73 Å². The summed E-state index contributed by atoms with van der Waals surface area (Å²) in [5, 5.41) is 0. The van der Waals surface area contributed by atoms with Gasteiger partial charge in [-0.15, -0.1) is 0 Å². The molecule has 1 aromatic rings. The Bertz CT molecular complexity index is 487. The Kier molecular flexibility index (Phi) is 3.63. The number of hydrogen-bond donors (Lipinski definition) is 1. The largest absolute Gasteiger partial charge is 0.325 e. The lowest BCUT2D eigenvalue weighted by Gasteiger charge is -2.37. The molecule has 0 aliphatic rings. The minimum atomic E-state index is -1.07. The molecule has 1 aromatic carbocycles.